The van der Waals surface area contributed by atoms with E-state index >= 15 is 0 Å². The minimum absolute atomic E-state index is 0.360. The van der Waals surface area contributed by atoms with Crippen molar-refractivity contribution in [3.63, 3.8) is 0 Å². The molecule has 1 aliphatic carbocycles. The Labute approximate surface area is 127 Å². The van der Waals surface area contributed by atoms with Crippen LogP contribution in [0.5, 0.6) is 0 Å². The van der Waals surface area contributed by atoms with Crippen LogP contribution >= 0.6 is 0 Å². The number of hydrogen-bond donors (Lipinski definition) is 1. The molecule has 2 aromatic rings. The molecule has 1 aliphatic rings. The van der Waals surface area contributed by atoms with Crippen molar-refractivity contribution in [1.82, 2.24) is 15.1 Å². The zero-order valence-electron chi connectivity index (χ0n) is 13.0. The van der Waals surface area contributed by atoms with Crippen LogP contribution in [0.25, 0.3) is 0 Å². The summed E-state index contributed by atoms with van der Waals surface area (Å²) in [5, 5.41) is 8.17. The summed E-state index contributed by atoms with van der Waals surface area (Å²) in [6, 6.07) is 11.5. The second-order valence-corrected chi connectivity index (χ2v) is 5.80. The van der Waals surface area contributed by atoms with Crippen molar-refractivity contribution in [2.24, 2.45) is 0 Å². The summed E-state index contributed by atoms with van der Waals surface area (Å²) in [6.45, 7) is 6.26. The zero-order valence-corrected chi connectivity index (χ0v) is 13.0. The van der Waals surface area contributed by atoms with Gasteiger partial charge in [-0.25, -0.2) is 0 Å². The van der Waals surface area contributed by atoms with Crippen molar-refractivity contribution in [3.8, 4) is 0 Å². The van der Waals surface area contributed by atoms with Gasteiger partial charge in [-0.2, -0.15) is 5.10 Å². The zero-order chi connectivity index (χ0) is 14.7. The number of aromatic nitrogens is 2. The SMILES string of the molecule is CCNC(c1ccnn1CC)C1CCCc2ccccc21. The van der Waals surface area contributed by atoms with Crippen LogP contribution in [0.3, 0.4) is 0 Å². The Morgan fingerprint density at radius 3 is 2.95 bits per heavy atom. The van der Waals surface area contributed by atoms with Gasteiger partial charge < -0.3 is 5.32 Å². The molecular formula is C18H25N3. The third-order valence-corrected chi connectivity index (χ3v) is 4.61. The van der Waals surface area contributed by atoms with Crippen molar-refractivity contribution in [2.45, 2.75) is 51.6 Å². The lowest BCUT2D eigenvalue weighted by molar-refractivity contribution is 0.385. The van der Waals surface area contributed by atoms with Gasteiger partial charge in [0.2, 0.25) is 0 Å². The molecule has 1 aromatic carbocycles. The molecule has 0 aliphatic heterocycles. The van der Waals surface area contributed by atoms with E-state index in [2.05, 4.69) is 59.3 Å². The fourth-order valence-electron chi connectivity index (χ4n) is 3.68. The third kappa shape index (κ3) is 2.75. The molecule has 1 N–H and O–H groups in total. The van der Waals surface area contributed by atoms with Crippen LogP contribution in [0.2, 0.25) is 0 Å². The van der Waals surface area contributed by atoms with Gasteiger partial charge in [-0.05, 0) is 49.9 Å². The number of aryl methyl sites for hydroxylation is 2. The number of benzene rings is 1. The van der Waals surface area contributed by atoms with Crippen LogP contribution in [0.15, 0.2) is 36.5 Å². The topological polar surface area (TPSA) is 29.9 Å². The quantitative estimate of drug-likeness (QED) is 0.907. The van der Waals surface area contributed by atoms with E-state index in [-0.39, 0.29) is 0 Å². The second kappa shape index (κ2) is 6.44. The summed E-state index contributed by atoms with van der Waals surface area (Å²) in [5.41, 5.74) is 4.37. The normalized spacial score (nSPS) is 19.2. The van der Waals surface area contributed by atoms with Crippen LogP contribution in [-0.2, 0) is 13.0 Å². The van der Waals surface area contributed by atoms with Crippen LogP contribution in [0.4, 0.5) is 0 Å². The van der Waals surface area contributed by atoms with Gasteiger partial charge in [-0.3, -0.25) is 4.68 Å². The molecule has 0 amide bonds. The highest BCUT2D eigenvalue weighted by Crippen LogP contribution is 2.40. The van der Waals surface area contributed by atoms with Crippen LogP contribution in [-0.4, -0.2) is 16.3 Å². The molecule has 0 fully saturated rings. The minimum atomic E-state index is 0.360. The van der Waals surface area contributed by atoms with Gasteiger partial charge in [0, 0.05) is 18.7 Å². The fraction of sp³-hybridized carbons (Fsp3) is 0.500. The van der Waals surface area contributed by atoms with E-state index in [1.54, 1.807) is 0 Å². The molecule has 2 atom stereocenters. The Kier molecular flexibility index (Phi) is 4.39. The lowest BCUT2D eigenvalue weighted by Gasteiger charge is -2.33. The number of fused-ring (bicyclic) bond motifs is 1. The van der Waals surface area contributed by atoms with Gasteiger partial charge >= 0.3 is 0 Å². The number of rotatable bonds is 5. The predicted octanol–water partition coefficient (Wildman–Crippen LogP) is 3.67. The number of nitrogens with one attached hydrogen (secondary N) is 1. The van der Waals surface area contributed by atoms with Gasteiger partial charge in [0.05, 0.1) is 11.7 Å². The van der Waals surface area contributed by atoms with Crippen molar-refractivity contribution in [2.75, 3.05) is 6.54 Å². The van der Waals surface area contributed by atoms with Crippen LogP contribution in [0, 0.1) is 0 Å². The summed E-state index contributed by atoms with van der Waals surface area (Å²) in [6.07, 6.45) is 5.68. The molecule has 0 spiro atoms. The van der Waals surface area contributed by atoms with E-state index in [0.29, 0.717) is 12.0 Å². The first-order chi connectivity index (χ1) is 10.3. The lowest BCUT2D eigenvalue weighted by atomic mass is 9.77. The van der Waals surface area contributed by atoms with Gasteiger partial charge in [0.25, 0.3) is 0 Å². The van der Waals surface area contributed by atoms with Gasteiger partial charge in [-0.15, -0.1) is 0 Å². The van der Waals surface area contributed by atoms with E-state index in [9.17, 15) is 0 Å². The maximum Gasteiger partial charge on any atom is 0.0561 e. The number of likely N-dealkylation sites (N-methyl/N-ethyl adjacent to an activating group) is 1. The Balaban J connectivity index is 1.99. The largest absolute Gasteiger partial charge is 0.308 e. The molecule has 21 heavy (non-hydrogen) atoms. The monoisotopic (exact) mass is 283 g/mol. The molecule has 2 unspecified atom stereocenters. The maximum absolute atomic E-state index is 4.47. The maximum atomic E-state index is 4.47. The average molecular weight is 283 g/mol. The second-order valence-electron chi connectivity index (χ2n) is 5.80. The van der Waals surface area contributed by atoms with E-state index in [0.717, 1.165) is 13.1 Å². The van der Waals surface area contributed by atoms with E-state index in [1.807, 2.05) is 6.20 Å². The standard InChI is InChI=1S/C18H25N3/c1-3-19-18(17-12-13-20-21(17)4-2)16-11-7-9-14-8-5-6-10-15(14)16/h5-6,8,10,12-13,16,18-19H,3-4,7,9,11H2,1-2H3. The Morgan fingerprint density at radius 1 is 1.29 bits per heavy atom. The Morgan fingerprint density at radius 2 is 2.14 bits per heavy atom. The van der Waals surface area contributed by atoms with Gasteiger partial charge in [-0.1, -0.05) is 31.2 Å². The Hall–Kier alpha value is -1.61. The minimum Gasteiger partial charge on any atom is -0.308 e. The molecule has 0 saturated carbocycles. The summed E-state index contributed by atoms with van der Waals surface area (Å²) >= 11 is 0. The summed E-state index contributed by atoms with van der Waals surface area (Å²) in [4.78, 5) is 0. The fourth-order valence-corrected chi connectivity index (χ4v) is 3.68. The molecular weight excluding hydrogens is 258 g/mol. The van der Waals surface area contributed by atoms with Gasteiger partial charge in [0.1, 0.15) is 0 Å². The molecule has 0 radical (unpaired) electrons. The van der Waals surface area contributed by atoms with E-state index in [1.165, 1.54) is 36.1 Å². The number of nitrogens with zero attached hydrogens (tertiary/aromatic N) is 2. The molecule has 1 heterocycles. The highest BCUT2D eigenvalue weighted by atomic mass is 15.3. The number of hydrogen-bond acceptors (Lipinski definition) is 2. The van der Waals surface area contributed by atoms with Crippen molar-refractivity contribution >= 4 is 0 Å². The summed E-state index contributed by atoms with van der Waals surface area (Å²) in [7, 11) is 0. The van der Waals surface area contributed by atoms with Crippen LogP contribution < -0.4 is 5.32 Å². The first-order valence-corrected chi connectivity index (χ1v) is 8.18. The highest BCUT2D eigenvalue weighted by molar-refractivity contribution is 5.35. The lowest BCUT2D eigenvalue weighted by Crippen LogP contribution is -2.31. The van der Waals surface area contributed by atoms with Crippen molar-refractivity contribution < 1.29 is 0 Å². The Bertz CT molecular complexity index is 588. The van der Waals surface area contributed by atoms with Crippen molar-refractivity contribution in [1.29, 1.82) is 0 Å². The van der Waals surface area contributed by atoms with Crippen LogP contribution in [0.1, 0.15) is 55.5 Å². The molecule has 3 nitrogen and oxygen atoms in total. The summed E-state index contributed by atoms with van der Waals surface area (Å²) in [5.74, 6) is 0.553. The third-order valence-electron chi connectivity index (χ3n) is 4.61. The molecule has 0 bridgehead atoms. The highest BCUT2D eigenvalue weighted by Gasteiger charge is 2.30. The molecule has 1 aromatic heterocycles. The molecule has 3 heteroatoms. The van der Waals surface area contributed by atoms with E-state index in [4.69, 9.17) is 0 Å². The molecule has 112 valence electrons. The average Bonchev–Trinajstić information content (AvgIpc) is 3.00. The predicted molar refractivity (Wildman–Crippen MR) is 86.4 cm³/mol. The van der Waals surface area contributed by atoms with Gasteiger partial charge in [0.15, 0.2) is 0 Å². The molecule has 3 rings (SSSR count). The van der Waals surface area contributed by atoms with Crippen molar-refractivity contribution in [3.05, 3.63) is 53.3 Å². The van der Waals surface area contributed by atoms with E-state index < -0.39 is 0 Å². The first-order valence-electron chi connectivity index (χ1n) is 8.18. The first kappa shape index (κ1) is 14.3. The smallest absolute Gasteiger partial charge is 0.0561 e. The molecule has 0 saturated heterocycles. The summed E-state index contributed by atoms with van der Waals surface area (Å²) < 4.78 is 2.13.